The topological polar surface area (TPSA) is 69.4 Å². The van der Waals surface area contributed by atoms with Crippen LogP contribution < -0.4 is 5.73 Å². The van der Waals surface area contributed by atoms with Gasteiger partial charge in [-0.3, -0.25) is 4.18 Å². The van der Waals surface area contributed by atoms with Crippen molar-refractivity contribution >= 4 is 22.5 Å². The second-order valence-electron chi connectivity index (χ2n) is 3.89. The summed E-state index contributed by atoms with van der Waals surface area (Å²) in [6.45, 7) is 0.131. The quantitative estimate of drug-likeness (QED) is 0.753. The van der Waals surface area contributed by atoms with Gasteiger partial charge in [0.2, 0.25) is 0 Å². The van der Waals surface area contributed by atoms with Crippen LogP contribution in [0.4, 0.5) is 0 Å². The summed E-state index contributed by atoms with van der Waals surface area (Å²) < 4.78 is 26.2. The molecule has 0 bridgehead atoms. The molecule has 1 aliphatic rings. The van der Waals surface area contributed by atoms with E-state index in [2.05, 4.69) is 0 Å². The molecule has 1 rings (SSSR count). The zero-order valence-corrected chi connectivity index (χ0v) is 9.99. The molecule has 0 unspecified atom stereocenters. The van der Waals surface area contributed by atoms with Crippen LogP contribution in [-0.2, 0) is 14.3 Å². The van der Waals surface area contributed by atoms with Gasteiger partial charge in [0.25, 0.3) is 10.1 Å². The average molecular weight is 244 g/mol. The fourth-order valence-electron chi connectivity index (χ4n) is 1.62. The van der Waals surface area contributed by atoms with Gasteiger partial charge in [0.15, 0.2) is 0 Å². The third-order valence-electron chi connectivity index (χ3n) is 2.41. The fourth-order valence-corrected chi connectivity index (χ4v) is 2.07. The van der Waals surface area contributed by atoms with Gasteiger partial charge in [0.1, 0.15) is 0 Å². The Hall–Kier alpha value is 0.160. The smallest absolute Gasteiger partial charge is 0.264 e. The third-order valence-corrected chi connectivity index (χ3v) is 2.96. The molecule has 0 heterocycles. The molecule has 1 aliphatic carbocycles. The van der Waals surface area contributed by atoms with Crippen LogP contribution in [0.5, 0.6) is 0 Å². The minimum atomic E-state index is -3.34. The Balaban J connectivity index is 0.00000169. The van der Waals surface area contributed by atoms with Crippen molar-refractivity contribution in [2.75, 3.05) is 12.9 Å². The second kappa shape index (κ2) is 5.30. The standard InChI is InChI=1S/C8H17NO3S.ClH/c1-13(10,11)12-7-8(9)5-3-2-4-6-8;/h2-7,9H2,1H3;1H. The largest absolute Gasteiger partial charge is 0.323 e. The summed E-state index contributed by atoms with van der Waals surface area (Å²) in [7, 11) is -3.34. The van der Waals surface area contributed by atoms with E-state index in [4.69, 9.17) is 9.92 Å². The Morgan fingerprint density at radius 1 is 1.29 bits per heavy atom. The predicted molar refractivity (Wildman–Crippen MR) is 58.0 cm³/mol. The van der Waals surface area contributed by atoms with Crippen molar-refractivity contribution in [3.63, 3.8) is 0 Å². The highest BCUT2D eigenvalue weighted by Crippen LogP contribution is 2.26. The second-order valence-corrected chi connectivity index (χ2v) is 5.53. The van der Waals surface area contributed by atoms with E-state index in [0.29, 0.717) is 0 Å². The molecule has 86 valence electrons. The average Bonchev–Trinajstić information content (AvgIpc) is 2.02. The lowest BCUT2D eigenvalue weighted by Gasteiger charge is -2.32. The molecule has 6 heteroatoms. The van der Waals surface area contributed by atoms with Gasteiger partial charge in [-0.15, -0.1) is 12.4 Å². The molecule has 4 nitrogen and oxygen atoms in total. The number of hydrogen-bond acceptors (Lipinski definition) is 4. The van der Waals surface area contributed by atoms with E-state index >= 15 is 0 Å². The van der Waals surface area contributed by atoms with Crippen LogP contribution >= 0.6 is 12.4 Å². The highest BCUT2D eigenvalue weighted by Gasteiger charge is 2.28. The van der Waals surface area contributed by atoms with Gasteiger partial charge in [0, 0.05) is 5.54 Å². The molecule has 0 aliphatic heterocycles. The van der Waals surface area contributed by atoms with Crippen molar-refractivity contribution in [3.8, 4) is 0 Å². The monoisotopic (exact) mass is 243 g/mol. The summed E-state index contributed by atoms with van der Waals surface area (Å²) in [5.41, 5.74) is 5.56. The summed E-state index contributed by atoms with van der Waals surface area (Å²) in [6.07, 6.45) is 6.12. The molecule has 0 saturated heterocycles. The van der Waals surface area contributed by atoms with E-state index < -0.39 is 15.7 Å². The minimum Gasteiger partial charge on any atom is -0.323 e. The summed E-state index contributed by atoms with van der Waals surface area (Å²) in [5, 5.41) is 0. The molecule has 0 spiro atoms. The van der Waals surface area contributed by atoms with Gasteiger partial charge in [-0.05, 0) is 12.8 Å². The van der Waals surface area contributed by atoms with E-state index in [0.717, 1.165) is 31.9 Å². The number of halogens is 1. The SMILES string of the molecule is CS(=O)(=O)OCC1(N)CCCCC1.Cl. The van der Waals surface area contributed by atoms with Crippen LogP contribution in [0.25, 0.3) is 0 Å². The van der Waals surface area contributed by atoms with Crippen LogP contribution in [0, 0.1) is 0 Å². The number of nitrogens with two attached hydrogens (primary N) is 1. The van der Waals surface area contributed by atoms with Gasteiger partial charge in [-0.2, -0.15) is 8.42 Å². The molecule has 0 amide bonds. The van der Waals surface area contributed by atoms with E-state index in [-0.39, 0.29) is 19.0 Å². The van der Waals surface area contributed by atoms with E-state index in [1.54, 1.807) is 0 Å². The molecular weight excluding hydrogens is 226 g/mol. The zero-order chi connectivity index (χ0) is 9.95. The first-order valence-electron chi connectivity index (χ1n) is 4.55. The summed E-state index contributed by atoms with van der Waals surface area (Å²) in [5.74, 6) is 0. The van der Waals surface area contributed by atoms with Gasteiger partial charge < -0.3 is 5.73 Å². The fraction of sp³-hybridized carbons (Fsp3) is 1.00. The Bertz CT molecular complexity index is 260. The van der Waals surface area contributed by atoms with E-state index in [1.807, 2.05) is 0 Å². The van der Waals surface area contributed by atoms with Crippen LogP contribution in [0.3, 0.4) is 0 Å². The molecule has 14 heavy (non-hydrogen) atoms. The number of rotatable bonds is 3. The van der Waals surface area contributed by atoms with Gasteiger partial charge in [0.05, 0.1) is 12.9 Å². The first-order chi connectivity index (χ1) is 5.91. The van der Waals surface area contributed by atoms with Crippen LogP contribution in [-0.4, -0.2) is 26.8 Å². The Kier molecular flexibility index (Phi) is 5.36. The normalized spacial score (nSPS) is 21.3. The lowest BCUT2D eigenvalue weighted by Crippen LogP contribution is -2.46. The van der Waals surface area contributed by atoms with Gasteiger partial charge >= 0.3 is 0 Å². The van der Waals surface area contributed by atoms with Gasteiger partial charge in [-0.1, -0.05) is 19.3 Å². The van der Waals surface area contributed by atoms with E-state index in [1.165, 1.54) is 6.42 Å². The van der Waals surface area contributed by atoms with Crippen LogP contribution in [0.1, 0.15) is 32.1 Å². The summed E-state index contributed by atoms with van der Waals surface area (Å²) in [4.78, 5) is 0. The molecule has 1 fully saturated rings. The molecular formula is C8H18ClNO3S. The molecule has 0 atom stereocenters. The summed E-state index contributed by atoms with van der Waals surface area (Å²) in [6, 6.07) is 0. The minimum absolute atomic E-state index is 0. The van der Waals surface area contributed by atoms with Crippen molar-refractivity contribution in [1.29, 1.82) is 0 Å². The molecule has 1 saturated carbocycles. The third kappa shape index (κ3) is 5.14. The maximum absolute atomic E-state index is 10.7. The molecule has 0 aromatic heterocycles. The molecule has 2 N–H and O–H groups in total. The molecule has 0 aromatic carbocycles. The van der Waals surface area contributed by atoms with Crippen molar-refractivity contribution in [2.45, 2.75) is 37.6 Å². The van der Waals surface area contributed by atoms with Crippen LogP contribution in [0.2, 0.25) is 0 Å². The Labute approximate surface area is 91.7 Å². The Morgan fingerprint density at radius 3 is 2.21 bits per heavy atom. The van der Waals surface area contributed by atoms with Gasteiger partial charge in [-0.25, -0.2) is 0 Å². The highest BCUT2D eigenvalue weighted by atomic mass is 35.5. The first kappa shape index (κ1) is 14.2. The van der Waals surface area contributed by atoms with Crippen LogP contribution in [0.15, 0.2) is 0 Å². The maximum Gasteiger partial charge on any atom is 0.264 e. The van der Waals surface area contributed by atoms with Crippen molar-refractivity contribution in [2.24, 2.45) is 5.73 Å². The first-order valence-corrected chi connectivity index (χ1v) is 6.36. The highest BCUT2D eigenvalue weighted by molar-refractivity contribution is 7.85. The predicted octanol–water partition coefficient (Wildman–Crippen LogP) is 1.05. The lowest BCUT2D eigenvalue weighted by atomic mass is 9.83. The Morgan fingerprint density at radius 2 is 1.79 bits per heavy atom. The lowest BCUT2D eigenvalue weighted by molar-refractivity contribution is 0.179. The van der Waals surface area contributed by atoms with Crippen molar-refractivity contribution in [1.82, 2.24) is 0 Å². The van der Waals surface area contributed by atoms with E-state index in [9.17, 15) is 8.42 Å². The molecule has 0 radical (unpaired) electrons. The summed E-state index contributed by atoms with van der Waals surface area (Å²) >= 11 is 0. The maximum atomic E-state index is 10.7. The van der Waals surface area contributed by atoms with Crippen molar-refractivity contribution in [3.05, 3.63) is 0 Å². The van der Waals surface area contributed by atoms with Crippen molar-refractivity contribution < 1.29 is 12.6 Å². The number of hydrogen-bond donors (Lipinski definition) is 1. The zero-order valence-electron chi connectivity index (χ0n) is 8.36. The molecule has 0 aromatic rings.